The largest absolute Gasteiger partial charge is 0.463 e. The average Bonchev–Trinajstić information content (AvgIpc) is 2.66. The zero-order chi connectivity index (χ0) is 20.0. The number of nitro groups is 1. The number of hydrogen-bond acceptors (Lipinski definition) is 5. The SMILES string of the molecule is CCOC(=O)[C@](F)(C(=O)c1ccccc1)[C@@H](C[N+](=O)[O-])c1ccc(C)cc1. The Morgan fingerprint density at radius 1 is 1.15 bits per heavy atom. The van der Waals surface area contributed by atoms with Crippen molar-refractivity contribution >= 4 is 11.8 Å². The first-order valence-electron chi connectivity index (χ1n) is 8.45. The molecule has 2 atom stereocenters. The number of halogens is 1. The van der Waals surface area contributed by atoms with Crippen molar-refractivity contribution in [1.29, 1.82) is 0 Å². The number of alkyl halides is 1. The number of ketones is 1. The van der Waals surface area contributed by atoms with Gasteiger partial charge in [-0.05, 0) is 19.4 Å². The van der Waals surface area contributed by atoms with Gasteiger partial charge in [-0.2, -0.15) is 0 Å². The first-order chi connectivity index (χ1) is 12.8. The maximum absolute atomic E-state index is 16.1. The highest BCUT2D eigenvalue weighted by Crippen LogP contribution is 2.37. The molecule has 0 saturated heterocycles. The predicted molar refractivity (Wildman–Crippen MR) is 97.0 cm³/mol. The van der Waals surface area contributed by atoms with Crippen LogP contribution in [0.1, 0.15) is 34.3 Å². The van der Waals surface area contributed by atoms with Crippen LogP contribution in [-0.2, 0) is 9.53 Å². The summed E-state index contributed by atoms with van der Waals surface area (Å²) < 4.78 is 20.9. The van der Waals surface area contributed by atoms with E-state index in [0.29, 0.717) is 0 Å². The van der Waals surface area contributed by atoms with E-state index in [1.54, 1.807) is 25.1 Å². The normalized spacial score (nSPS) is 14.0. The molecule has 0 spiro atoms. The molecule has 0 bridgehead atoms. The highest BCUT2D eigenvalue weighted by atomic mass is 19.1. The fourth-order valence-corrected chi connectivity index (χ4v) is 2.84. The molecule has 6 nitrogen and oxygen atoms in total. The van der Waals surface area contributed by atoms with Gasteiger partial charge in [-0.3, -0.25) is 14.9 Å². The van der Waals surface area contributed by atoms with Crippen LogP contribution in [0, 0.1) is 17.0 Å². The minimum absolute atomic E-state index is 0.0616. The lowest BCUT2D eigenvalue weighted by molar-refractivity contribution is -0.485. The molecule has 2 rings (SSSR count). The van der Waals surface area contributed by atoms with E-state index >= 15 is 4.39 Å². The summed E-state index contributed by atoms with van der Waals surface area (Å²) in [6.07, 6.45) is 0. The van der Waals surface area contributed by atoms with Gasteiger partial charge in [-0.25, -0.2) is 9.18 Å². The second-order valence-corrected chi connectivity index (χ2v) is 6.11. The number of carbonyl (C=O) groups excluding carboxylic acids is 2. The van der Waals surface area contributed by atoms with Gasteiger partial charge < -0.3 is 4.74 Å². The number of ether oxygens (including phenoxy) is 1. The van der Waals surface area contributed by atoms with Gasteiger partial charge >= 0.3 is 5.97 Å². The van der Waals surface area contributed by atoms with Crippen LogP contribution in [-0.4, -0.2) is 35.5 Å². The summed E-state index contributed by atoms with van der Waals surface area (Å²) in [5.41, 5.74) is -2.25. The minimum atomic E-state index is -3.22. The molecule has 0 aliphatic rings. The predicted octanol–water partition coefficient (Wildman–Crippen LogP) is 3.51. The number of hydrogen-bond donors (Lipinski definition) is 0. The summed E-state index contributed by atoms with van der Waals surface area (Å²) in [7, 11) is 0. The Balaban J connectivity index is 2.62. The molecule has 0 amide bonds. The molecule has 0 N–H and O–H groups in total. The minimum Gasteiger partial charge on any atom is -0.463 e. The smallest absolute Gasteiger partial charge is 0.353 e. The van der Waals surface area contributed by atoms with E-state index in [2.05, 4.69) is 0 Å². The van der Waals surface area contributed by atoms with Crippen LogP contribution in [0.3, 0.4) is 0 Å². The second kappa shape index (κ2) is 8.53. The number of carbonyl (C=O) groups is 2. The number of nitrogens with zero attached hydrogens (tertiary/aromatic N) is 1. The quantitative estimate of drug-likeness (QED) is 0.232. The molecule has 0 aliphatic carbocycles. The lowest BCUT2D eigenvalue weighted by Gasteiger charge is -2.28. The van der Waals surface area contributed by atoms with Gasteiger partial charge in [0.1, 0.15) is 5.92 Å². The molecule has 0 saturated carbocycles. The van der Waals surface area contributed by atoms with Crippen molar-refractivity contribution in [3.63, 3.8) is 0 Å². The van der Waals surface area contributed by atoms with E-state index < -0.39 is 34.8 Å². The fraction of sp³-hybridized carbons (Fsp3) is 0.300. The van der Waals surface area contributed by atoms with Gasteiger partial charge in [-0.15, -0.1) is 0 Å². The molecule has 142 valence electrons. The Morgan fingerprint density at radius 2 is 1.74 bits per heavy atom. The third-order valence-corrected chi connectivity index (χ3v) is 4.23. The van der Waals surface area contributed by atoms with E-state index in [-0.39, 0.29) is 17.7 Å². The monoisotopic (exact) mass is 373 g/mol. The van der Waals surface area contributed by atoms with E-state index in [0.717, 1.165) is 5.56 Å². The Labute approximate surface area is 156 Å². The first kappa shape index (κ1) is 20.2. The molecule has 0 heterocycles. The molecule has 0 radical (unpaired) electrons. The van der Waals surface area contributed by atoms with Gasteiger partial charge in [0.05, 0.1) is 6.61 Å². The number of benzene rings is 2. The average molecular weight is 373 g/mol. The third kappa shape index (κ3) is 4.36. The molecule has 27 heavy (non-hydrogen) atoms. The lowest BCUT2D eigenvalue weighted by atomic mass is 9.78. The van der Waals surface area contributed by atoms with Crippen molar-refractivity contribution in [2.75, 3.05) is 13.2 Å². The number of rotatable bonds is 8. The van der Waals surface area contributed by atoms with Gasteiger partial charge in [0.2, 0.25) is 12.3 Å². The number of esters is 1. The standard InChI is InChI=1S/C20H20FNO5/c1-3-27-19(24)20(21,18(23)16-7-5-4-6-8-16)17(13-22(25)26)15-11-9-14(2)10-12-15/h4-12,17H,3,13H2,1-2H3/t17-,20+/m0/s1. The molecule has 0 aromatic heterocycles. The van der Waals surface area contributed by atoms with Crippen LogP contribution < -0.4 is 0 Å². The van der Waals surface area contributed by atoms with Crippen molar-refractivity contribution in [3.05, 3.63) is 81.4 Å². The molecule has 2 aromatic rings. The first-order valence-corrected chi connectivity index (χ1v) is 8.45. The van der Waals surface area contributed by atoms with Gasteiger partial charge in [0.25, 0.3) is 5.67 Å². The van der Waals surface area contributed by atoms with E-state index in [4.69, 9.17) is 4.74 Å². The van der Waals surface area contributed by atoms with Crippen LogP contribution >= 0.6 is 0 Å². The Hall–Kier alpha value is -3.09. The Morgan fingerprint density at radius 3 is 2.26 bits per heavy atom. The van der Waals surface area contributed by atoms with Crippen LogP contribution in [0.15, 0.2) is 54.6 Å². The van der Waals surface area contributed by atoms with Crippen LogP contribution in [0.2, 0.25) is 0 Å². The van der Waals surface area contributed by atoms with Crippen LogP contribution in [0.4, 0.5) is 4.39 Å². The molecular formula is C20H20FNO5. The summed E-state index contributed by atoms with van der Waals surface area (Å²) in [5, 5.41) is 11.2. The van der Waals surface area contributed by atoms with Crippen molar-refractivity contribution in [2.45, 2.75) is 25.4 Å². The Kier molecular flexibility index (Phi) is 6.39. The van der Waals surface area contributed by atoms with Crippen molar-refractivity contribution in [3.8, 4) is 0 Å². The summed E-state index contributed by atoms with van der Waals surface area (Å²) in [5.74, 6) is -4.21. The topological polar surface area (TPSA) is 86.5 Å². The second-order valence-electron chi connectivity index (χ2n) is 6.11. The van der Waals surface area contributed by atoms with Gasteiger partial charge in [0.15, 0.2) is 0 Å². The zero-order valence-electron chi connectivity index (χ0n) is 15.1. The van der Waals surface area contributed by atoms with Gasteiger partial charge in [-0.1, -0.05) is 60.2 Å². The zero-order valence-corrected chi connectivity index (χ0v) is 15.1. The number of aryl methyl sites for hydroxylation is 1. The molecule has 7 heteroatoms. The molecule has 0 fully saturated rings. The summed E-state index contributed by atoms with van der Waals surface area (Å²) >= 11 is 0. The van der Waals surface area contributed by atoms with E-state index in [1.165, 1.54) is 43.3 Å². The van der Waals surface area contributed by atoms with E-state index in [1.807, 2.05) is 0 Å². The summed E-state index contributed by atoms with van der Waals surface area (Å²) in [6.45, 7) is 2.18. The molecule has 0 unspecified atom stereocenters. The van der Waals surface area contributed by atoms with Crippen molar-refractivity contribution < 1.29 is 23.6 Å². The summed E-state index contributed by atoms with van der Waals surface area (Å²) in [4.78, 5) is 35.9. The molecule has 0 aliphatic heterocycles. The highest BCUT2D eigenvalue weighted by Gasteiger charge is 2.57. The Bertz CT molecular complexity index is 822. The van der Waals surface area contributed by atoms with Crippen molar-refractivity contribution in [1.82, 2.24) is 0 Å². The number of Topliss-reactive ketones (excluding diaryl/α,β-unsaturated/α-hetero) is 1. The van der Waals surface area contributed by atoms with Crippen molar-refractivity contribution in [2.24, 2.45) is 0 Å². The summed E-state index contributed by atoms with van der Waals surface area (Å²) in [6, 6.07) is 13.6. The lowest BCUT2D eigenvalue weighted by Crippen LogP contribution is -2.50. The van der Waals surface area contributed by atoms with Crippen LogP contribution in [0.5, 0.6) is 0 Å². The van der Waals surface area contributed by atoms with Crippen LogP contribution in [0.25, 0.3) is 0 Å². The van der Waals surface area contributed by atoms with Gasteiger partial charge in [0, 0.05) is 10.5 Å². The maximum atomic E-state index is 16.1. The molecule has 2 aromatic carbocycles. The highest BCUT2D eigenvalue weighted by molar-refractivity contribution is 6.16. The third-order valence-electron chi connectivity index (χ3n) is 4.23. The fourth-order valence-electron chi connectivity index (χ4n) is 2.84. The molecular weight excluding hydrogens is 353 g/mol. The van der Waals surface area contributed by atoms with E-state index in [9.17, 15) is 19.7 Å². The maximum Gasteiger partial charge on any atom is 0.353 e.